The average Bonchev–Trinajstić information content (AvgIpc) is 2.71. The second-order valence-electron chi connectivity index (χ2n) is 3.48. The lowest BCUT2D eigenvalue weighted by molar-refractivity contribution is 0.628. The lowest BCUT2D eigenvalue weighted by atomic mass is 10.2. The zero-order valence-corrected chi connectivity index (χ0v) is 9.61. The Hall–Kier alpha value is -1.48. The minimum absolute atomic E-state index is 0.124. The van der Waals surface area contributed by atoms with Crippen LogP contribution in [-0.4, -0.2) is 4.98 Å². The van der Waals surface area contributed by atoms with E-state index in [-0.39, 0.29) is 5.02 Å². The molecule has 0 aliphatic heterocycles. The molecular formula is C12H12ClFN2. The van der Waals surface area contributed by atoms with Crippen molar-refractivity contribution in [3.8, 4) is 0 Å². The summed E-state index contributed by atoms with van der Waals surface area (Å²) in [5.41, 5.74) is 2.88. The van der Waals surface area contributed by atoms with Gasteiger partial charge in [-0.05, 0) is 30.7 Å². The second-order valence-corrected chi connectivity index (χ2v) is 3.88. The third kappa shape index (κ3) is 2.19. The van der Waals surface area contributed by atoms with Gasteiger partial charge in [-0.15, -0.1) is 0 Å². The molecule has 84 valence electrons. The molecule has 0 radical (unpaired) electrons. The van der Waals surface area contributed by atoms with Crippen LogP contribution in [0.2, 0.25) is 5.02 Å². The summed E-state index contributed by atoms with van der Waals surface area (Å²) >= 11 is 5.70. The van der Waals surface area contributed by atoms with E-state index in [2.05, 4.69) is 17.2 Å². The van der Waals surface area contributed by atoms with Crippen LogP contribution in [0.4, 0.5) is 15.8 Å². The maximum absolute atomic E-state index is 13.0. The minimum Gasteiger partial charge on any atom is -0.363 e. The summed E-state index contributed by atoms with van der Waals surface area (Å²) in [5.74, 6) is -0.406. The summed E-state index contributed by atoms with van der Waals surface area (Å²) in [4.78, 5) is 3.13. The first-order valence-corrected chi connectivity index (χ1v) is 5.47. The highest BCUT2D eigenvalue weighted by Gasteiger charge is 2.04. The fourth-order valence-corrected chi connectivity index (χ4v) is 1.72. The Balaban J connectivity index is 2.24. The largest absolute Gasteiger partial charge is 0.363 e. The molecule has 0 saturated carbocycles. The molecule has 0 fully saturated rings. The number of benzene rings is 1. The molecule has 4 heteroatoms. The number of hydrogen-bond acceptors (Lipinski definition) is 1. The lowest BCUT2D eigenvalue weighted by Gasteiger charge is -2.07. The Bertz CT molecular complexity index is 494. The monoisotopic (exact) mass is 238 g/mol. The fraction of sp³-hybridized carbons (Fsp3) is 0.167. The highest BCUT2D eigenvalue weighted by Crippen LogP contribution is 2.24. The van der Waals surface area contributed by atoms with E-state index >= 15 is 0 Å². The minimum atomic E-state index is -0.406. The fourth-order valence-electron chi connectivity index (χ4n) is 1.54. The Labute approximate surface area is 98.4 Å². The summed E-state index contributed by atoms with van der Waals surface area (Å²) in [5, 5.41) is 3.31. The van der Waals surface area contributed by atoms with Gasteiger partial charge in [-0.3, -0.25) is 0 Å². The summed E-state index contributed by atoms with van der Waals surface area (Å²) in [7, 11) is 0. The van der Waals surface area contributed by atoms with Crippen molar-refractivity contribution in [1.82, 2.24) is 4.98 Å². The van der Waals surface area contributed by atoms with E-state index in [1.807, 2.05) is 12.3 Å². The highest BCUT2D eigenvalue weighted by atomic mass is 35.5. The molecule has 1 heterocycles. The predicted octanol–water partition coefficient (Wildman–Crippen LogP) is 4.11. The van der Waals surface area contributed by atoms with E-state index in [9.17, 15) is 4.39 Å². The van der Waals surface area contributed by atoms with E-state index in [1.54, 1.807) is 12.1 Å². The highest BCUT2D eigenvalue weighted by molar-refractivity contribution is 6.31. The lowest BCUT2D eigenvalue weighted by Crippen LogP contribution is -1.93. The first-order chi connectivity index (χ1) is 7.70. The molecular weight excluding hydrogens is 227 g/mol. The molecule has 2 nitrogen and oxygen atoms in total. The normalized spacial score (nSPS) is 10.4. The van der Waals surface area contributed by atoms with Gasteiger partial charge in [0.25, 0.3) is 0 Å². The van der Waals surface area contributed by atoms with Gasteiger partial charge in [-0.25, -0.2) is 4.39 Å². The quantitative estimate of drug-likeness (QED) is 0.827. The van der Waals surface area contributed by atoms with E-state index in [4.69, 9.17) is 11.6 Å². The van der Waals surface area contributed by atoms with Gasteiger partial charge >= 0.3 is 0 Å². The van der Waals surface area contributed by atoms with Crippen LogP contribution >= 0.6 is 11.6 Å². The van der Waals surface area contributed by atoms with Crippen molar-refractivity contribution in [1.29, 1.82) is 0 Å². The molecule has 0 saturated heterocycles. The summed E-state index contributed by atoms with van der Waals surface area (Å²) < 4.78 is 13.0. The number of aryl methyl sites for hydroxylation is 1. The van der Waals surface area contributed by atoms with Gasteiger partial charge in [0.2, 0.25) is 0 Å². The smallest absolute Gasteiger partial charge is 0.141 e. The molecule has 0 amide bonds. The van der Waals surface area contributed by atoms with Crippen molar-refractivity contribution in [3.05, 3.63) is 47.0 Å². The maximum atomic E-state index is 13.0. The van der Waals surface area contributed by atoms with E-state index in [0.717, 1.165) is 23.5 Å². The van der Waals surface area contributed by atoms with Crippen LogP contribution in [0, 0.1) is 5.82 Å². The molecule has 0 aliphatic carbocycles. The topological polar surface area (TPSA) is 27.8 Å². The van der Waals surface area contributed by atoms with Crippen molar-refractivity contribution in [2.75, 3.05) is 5.32 Å². The molecule has 2 aromatic rings. The number of aromatic nitrogens is 1. The molecule has 0 aliphatic rings. The Kier molecular flexibility index (Phi) is 3.15. The maximum Gasteiger partial charge on any atom is 0.141 e. The molecule has 1 aromatic carbocycles. The van der Waals surface area contributed by atoms with Crippen LogP contribution in [0.5, 0.6) is 0 Å². The molecule has 0 unspecified atom stereocenters. The van der Waals surface area contributed by atoms with Crippen molar-refractivity contribution in [2.24, 2.45) is 0 Å². The third-order valence-electron chi connectivity index (χ3n) is 2.38. The van der Waals surface area contributed by atoms with Gasteiger partial charge in [0.05, 0.1) is 10.7 Å². The number of anilines is 2. The third-order valence-corrected chi connectivity index (χ3v) is 2.67. The SMILES string of the molecule is CCc1[nH]ccc1Nc1ccc(F)c(Cl)c1. The molecule has 1 aromatic heterocycles. The second kappa shape index (κ2) is 4.58. The Morgan fingerprint density at radius 2 is 2.19 bits per heavy atom. The Morgan fingerprint density at radius 3 is 2.88 bits per heavy atom. The van der Waals surface area contributed by atoms with Gasteiger partial charge in [-0.2, -0.15) is 0 Å². The van der Waals surface area contributed by atoms with Crippen LogP contribution in [0.25, 0.3) is 0 Å². The van der Waals surface area contributed by atoms with Crippen LogP contribution < -0.4 is 5.32 Å². The van der Waals surface area contributed by atoms with Crippen molar-refractivity contribution < 1.29 is 4.39 Å². The van der Waals surface area contributed by atoms with Crippen LogP contribution in [-0.2, 0) is 6.42 Å². The first-order valence-electron chi connectivity index (χ1n) is 5.09. The summed E-state index contributed by atoms with van der Waals surface area (Å²) in [6, 6.07) is 6.52. The molecule has 0 atom stereocenters. The van der Waals surface area contributed by atoms with Crippen LogP contribution in [0.15, 0.2) is 30.5 Å². The van der Waals surface area contributed by atoms with Crippen molar-refractivity contribution in [2.45, 2.75) is 13.3 Å². The van der Waals surface area contributed by atoms with Crippen molar-refractivity contribution >= 4 is 23.0 Å². The molecule has 0 spiro atoms. The molecule has 16 heavy (non-hydrogen) atoms. The number of H-pyrrole nitrogens is 1. The number of rotatable bonds is 3. The zero-order chi connectivity index (χ0) is 11.5. The zero-order valence-electron chi connectivity index (χ0n) is 8.85. The summed E-state index contributed by atoms with van der Waals surface area (Å²) in [6.07, 6.45) is 2.77. The Morgan fingerprint density at radius 1 is 1.38 bits per heavy atom. The van der Waals surface area contributed by atoms with E-state index < -0.39 is 5.82 Å². The van der Waals surface area contributed by atoms with Gasteiger partial charge in [0, 0.05) is 17.6 Å². The average molecular weight is 239 g/mol. The van der Waals surface area contributed by atoms with Gasteiger partial charge < -0.3 is 10.3 Å². The number of aromatic amines is 1. The van der Waals surface area contributed by atoms with Crippen molar-refractivity contribution in [3.63, 3.8) is 0 Å². The molecule has 0 bridgehead atoms. The van der Waals surface area contributed by atoms with Crippen LogP contribution in [0.3, 0.4) is 0 Å². The van der Waals surface area contributed by atoms with Gasteiger partial charge in [0.15, 0.2) is 0 Å². The van der Waals surface area contributed by atoms with Crippen LogP contribution in [0.1, 0.15) is 12.6 Å². The molecule has 2 rings (SSSR count). The predicted molar refractivity (Wildman–Crippen MR) is 64.9 cm³/mol. The molecule has 2 N–H and O–H groups in total. The van der Waals surface area contributed by atoms with Gasteiger partial charge in [-0.1, -0.05) is 18.5 Å². The van der Waals surface area contributed by atoms with E-state index in [1.165, 1.54) is 6.07 Å². The standard InChI is InChI=1S/C12H12ClFN2/c1-2-11-12(5-6-15-11)16-8-3-4-10(14)9(13)7-8/h3-7,15-16H,2H2,1H3. The van der Waals surface area contributed by atoms with E-state index in [0.29, 0.717) is 0 Å². The first kappa shape index (κ1) is 11.0. The number of hydrogen-bond donors (Lipinski definition) is 2. The number of nitrogens with one attached hydrogen (secondary N) is 2. The summed E-state index contributed by atoms with van der Waals surface area (Å²) in [6.45, 7) is 2.06. The number of halogens is 2. The van der Waals surface area contributed by atoms with Gasteiger partial charge in [0.1, 0.15) is 5.82 Å².